The molecule has 0 saturated heterocycles. The van der Waals surface area contributed by atoms with Gasteiger partial charge < -0.3 is 0 Å². The standard InChI is InChI=1S/C19H21N/c1-13(2)19-9-8-18(12-20-19)17-7-6-15-10-14(3)4-5-16(15)11-17/h6-13H,4-5H2,1-3H3. The second kappa shape index (κ2) is 5.24. The van der Waals surface area contributed by atoms with Crippen molar-refractivity contribution in [2.75, 3.05) is 0 Å². The highest BCUT2D eigenvalue weighted by molar-refractivity contribution is 5.69. The maximum atomic E-state index is 4.57. The van der Waals surface area contributed by atoms with Gasteiger partial charge in [0.15, 0.2) is 0 Å². The second-order valence-corrected chi connectivity index (χ2v) is 6.03. The average Bonchev–Trinajstić information content (AvgIpc) is 2.47. The van der Waals surface area contributed by atoms with E-state index in [-0.39, 0.29) is 0 Å². The fourth-order valence-electron chi connectivity index (χ4n) is 2.73. The highest BCUT2D eigenvalue weighted by Gasteiger charge is 2.09. The van der Waals surface area contributed by atoms with E-state index in [9.17, 15) is 0 Å². The van der Waals surface area contributed by atoms with E-state index in [0.717, 1.165) is 12.1 Å². The zero-order chi connectivity index (χ0) is 14.1. The fraction of sp³-hybridized carbons (Fsp3) is 0.316. The lowest BCUT2D eigenvalue weighted by atomic mass is 9.90. The van der Waals surface area contributed by atoms with Crippen molar-refractivity contribution in [3.63, 3.8) is 0 Å². The first-order valence-corrected chi connectivity index (χ1v) is 7.40. The average molecular weight is 263 g/mol. The van der Waals surface area contributed by atoms with Gasteiger partial charge in [0.25, 0.3) is 0 Å². The van der Waals surface area contributed by atoms with Gasteiger partial charge in [-0.3, -0.25) is 4.98 Å². The SMILES string of the molecule is CC1=Cc2ccc(-c3ccc(C(C)C)nc3)cc2CC1. The van der Waals surface area contributed by atoms with E-state index in [2.05, 4.69) is 62.2 Å². The summed E-state index contributed by atoms with van der Waals surface area (Å²) in [7, 11) is 0. The first kappa shape index (κ1) is 13.1. The van der Waals surface area contributed by atoms with Crippen molar-refractivity contribution in [1.29, 1.82) is 0 Å². The summed E-state index contributed by atoms with van der Waals surface area (Å²) in [6.07, 6.45) is 6.65. The van der Waals surface area contributed by atoms with E-state index < -0.39 is 0 Å². The number of hydrogen-bond acceptors (Lipinski definition) is 1. The molecule has 0 atom stereocenters. The van der Waals surface area contributed by atoms with E-state index in [4.69, 9.17) is 0 Å². The van der Waals surface area contributed by atoms with Crippen LogP contribution in [0.2, 0.25) is 0 Å². The summed E-state index contributed by atoms with van der Waals surface area (Å²) >= 11 is 0. The first-order chi connectivity index (χ1) is 9.63. The topological polar surface area (TPSA) is 12.9 Å². The van der Waals surface area contributed by atoms with Gasteiger partial charge in [-0.2, -0.15) is 0 Å². The fourth-order valence-corrected chi connectivity index (χ4v) is 2.73. The summed E-state index contributed by atoms with van der Waals surface area (Å²) < 4.78 is 0. The Morgan fingerprint density at radius 1 is 1.00 bits per heavy atom. The Morgan fingerprint density at radius 3 is 2.50 bits per heavy atom. The molecule has 1 heterocycles. The van der Waals surface area contributed by atoms with E-state index >= 15 is 0 Å². The smallest absolute Gasteiger partial charge is 0.0429 e. The van der Waals surface area contributed by atoms with Crippen LogP contribution in [-0.4, -0.2) is 4.98 Å². The molecule has 1 nitrogen and oxygen atoms in total. The molecule has 20 heavy (non-hydrogen) atoms. The van der Waals surface area contributed by atoms with Gasteiger partial charge in [0.05, 0.1) is 0 Å². The molecule has 1 aromatic carbocycles. The molecule has 1 heteroatoms. The van der Waals surface area contributed by atoms with Gasteiger partial charge in [0.1, 0.15) is 0 Å². The molecule has 0 N–H and O–H groups in total. The largest absolute Gasteiger partial charge is 0.260 e. The summed E-state index contributed by atoms with van der Waals surface area (Å²) in [5.41, 5.74) is 7.96. The summed E-state index contributed by atoms with van der Waals surface area (Å²) in [6.45, 7) is 6.57. The molecular weight excluding hydrogens is 242 g/mol. The van der Waals surface area contributed by atoms with Crippen molar-refractivity contribution >= 4 is 6.08 Å². The third kappa shape index (κ3) is 2.53. The number of hydrogen-bond donors (Lipinski definition) is 0. The summed E-state index contributed by atoms with van der Waals surface area (Å²) in [5.74, 6) is 0.487. The predicted molar refractivity (Wildman–Crippen MR) is 85.7 cm³/mol. The monoisotopic (exact) mass is 263 g/mol. The second-order valence-electron chi connectivity index (χ2n) is 6.03. The van der Waals surface area contributed by atoms with Gasteiger partial charge in [-0.1, -0.05) is 49.8 Å². The quantitative estimate of drug-likeness (QED) is 0.723. The summed E-state index contributed by atoms with van der Waals surface area (Å²) in [5, 5.41) is 0. The van der Waals surface area contributed by atoms with Crippen LogP contribution in [0.4, 0.5) is 0 Å². The summed E-state index contributed by atoms with van der Waals surface area (Å²) in [4.78, 5) is 4.57. The number of allylic oxidation sites excluding steroid dienone is 1. The maximum Gasteiger partial charge on any atom is 0.0429 e. The number of fused-ring (bicyclic) bond motifs is 1. The van der Waals surface area contributed by atoms with E-state index in [1.165, 1.54) is 34.2 Å². The minimum atomic E-state index is 0.487. The van der Waals surface area contributed by atoms with Gasteiger partial charge >= 0.3 is 0 Å². The molecule has 102 valence electrons. The molecule has 1 aliphatic rings. The van der Waals surface area contributed by atoms with Crippen molar-refractivity contribution in [1.82, 2.24) is 4.98 Å². The number of rotatable bonds is 2. The van der Waals surface area contributed by atoms with Crippen LogP contribution in [0.1, 0.15) is 49.9 Å². The van der Waals surface area contributed by atoms with Gasteiger partial charge in [-0.15, -0.1) is 0 Å². The van der Waals surface area contributed by atoms with Gasteiger partial charge in [0, 0.05) is 17.5 Å². The minimum Gasteiger partial charge on any atom is -0.260 e. The van der Waals surface area contributed by atoms with Crippen molar-refractivity contribution in [3.8, 4) is 11.1 Å². The molecule has 0 radical (unpaired) electrons. The Balaban J connectivity index is 1.95. The lowest BCUT2D eigenvalue weighted by Gasteiger charge is -2.15. The van der Waals surface area contributed by atoms with Crippen LogP contribution in [0.15, 0.2) is 42.1 Å². The van der Waals surface area contributed by atoms with Crippen LogP contribution in [0.5, 0.6) is 0 Å². The number of aryl methyl sites for hydroxylation is 1. The highest BCUT2D eigenvalue weighted by atomic mass is 14.7. The van der Waals surface area contributed by atoms with Crippen LogP contribution >= 0.6 is 0 Å². The zero-order valence-electron chi connectivity index (χ0n) is 12.5. The van der Waals surface area contributed by atoms with E-state index in [1.54, 1.807) is 0 Å². The normalized spacial score (nSPS) is 14.1. The molecule has 0 unspecified atom stereocenters. The van der Waals surface area contributed by atoms with Crippen LogP contribution in [0.25, 0.3) is 17.2 Å². The maximum absolute atomic E-state index is 4.57. The van der Waals surface area contributed by atoms with Gasteiger partial charge in [-0.25, -0.2) is 0 Å². The van der Waals surface area contributed by atoms with Gasteiger partial charge in [-0.05, 0) is 48.4 Å². The Morgan fingerprint density at radius 2 is 1.80 bits per heavy atom. The van der Waals surface area contributed by atoms with Crippen molar-refractivity contribution < 1.29 is 0 Å². The molecule has 2 aromatic rings. The Bertz CT molecular complexity index is 648. The molecule has 1 aliphatic carbocycles. The molecule has 0 spiro atoms. The third-order valence-electron chi connectivity index (χ3n) is 4.04. The number of pyridine rings is 1. The lowest BCUT2D eigenvalue weighted by Crippen LogP contribution is -1.98. The molecular formula is C19H21N. The van der Waals surface area contributed by atoms with Gasteiger partial charge in [0.2, 0.25) is 0 Å². The molecule has 0 amide bonds. The third-order valence-corrected chi connectivity index (χ3v) is 4.04. The van der Waals surface area contributed by atoms with Crippen molar-refractivity contribution in [3.05, 3.63) is 58.9 Å². The highest BCUT2D eigenvalue weighted by Crippen LogP contribution is 2.28. The number of benzene rings is 1. The molecule has 0 aliphatic heterocycles. The minimum absolute atomic E-state index is 0.487. The molecule has 3 rings (SSSR count). The molecule has 0 fully saturated rings. The Labute approximate surface area is 121 Å². The number of nitrogens with zero attached hydrogens (tertiary/aromatic N) is 1. The zero-order valence-corrected chi connectivity index (χ0v) is 12.5. The lowest BCUT2D eigenvalue weighted by molar-refractivity contribution is 0.823. The first-order valence-electron chi connectivity index (χ1n) is 7.40. The van der Waals surface area contributed by atoms with Crippen molar-refractivity contribution in [2.24, 2.45) is 0 Å². The van der Waals surface area contributed by atoms with Crippen molar-refractivity contribution in [2.45, 2.75) is 39.5 Å². The molecule has 1 aromatic heterocycles. The Hall–Kier alpha value is -1.89. The Kier molecular flexibility index (Phi) is 3.43. The summed E-state index contributed by atoms with van der Waals surface area (Å²) in [6, 6.07) is 11.1. The predicted octanol–water partition coefficient (Wildman–Crippen LogP) is 5.22. The van der Waals surface area contributed by atoms with Crippen LogP contribution in [-0.2, 0) is 6.42 Å². The number of aromatic nitrogens is 1. The van der Waals surface area contributed by atoms with Crippen LogP contribution in [0.3, 0.4) is 0 Å². The van der Waals surface area contributed by atoms with Crippen LogP contribution < -0.4 is 0 Å². The van der Waals surface area contributed by atoms with Crippen LogP contribution in [0, 0.1) is 0 Å². The molecule has 0 bridgehead atoms. The molecule has 0 saturated carbocycles. The van der Waals surface area contributed by atoms with E-state index in [1.807, 2.05) is 6.20 Å². The van der Waals surface area contributed by atoms with E-state index in [0.29, 0.717) is 5.92 Å².